The minimum atomic E-state index is -0.227. The Bertz CT molecular complexity index is 589. The van der Waals surface area contributed by atoms with E-state index in [1.807, 2.05) is 0 Å². The van der Waals surface area contributed by atoms with Crippen LogP contribution < -0.4 is 0 Å². The van der Waals surface area contributed by atoms with Crippen molar-refractivity contribution in [1.82, 2.24) is 0 Å². The van der Waals surface area contributed by atoms with Gasteiger partial charge in [0.25, 0.3) is 0 Å². The second kappa shape index (κ2) is 6.11. The van der Waals surface area contributed by atoms with Gasteiger partial charge in [0.05, 0.1) is 0 Å². The third kappa shape index (κ3) is 2.69. The molecule has 0 N–H and O–H groups in total. The summed E-state index contributed by atoms with van der Waals surface area (Å²) in [6.45, 7) is 19.6. The fraction of sp³-hybridized carbons (Fsp3) is 0.833. The molecule has 1 radical (unpaired) electrons. The van der Waals surface area contributed by atoms with Crippen LogP contribution in [0.5, 0.6) is 0 Å². The summed E-state index contributed by atoms with van der Waals surface area (Å²) in [5.41, 5.74) is 2.14. The fourth-order valence-corrected chi connectivity index (χ4v) is 6.34. The van der Waals surface area contributed by atoms with Gasteiger partial charge in [-0.15, -0.1) is 0 Å². The molecule has 0 amide bonds. The summed E-state index contributed by atoms with van der Waals surface area (Å²) in [7, 11) is 0. The highest BCUT2D eigenvalue weighted by molar-refractivity contribution is 5.87. The van der Waals surface area contributed by atoms with Gasteiger partial charge in [-0.3, -0.25) is 0 Å². The maximum Gasteiger partial charge on any atom is 0.333 e. The molecule has 1 unspecified atom stereocenters. The van der Waals surface area contributed by atoms with Crippen molar-refractivity contribution >= 4 is 5.97 Å². The number of hydrogen-bond donors (Lipinski definition) is 0. The van der Waals surface area contributed by atoms with Gasteiger partial charge in [-0.1, -0.05) is 48.1 Å². The SMILES string of the molecule is C=C(C)C(=O)OC1C[C@H]2CC[C@@]1(C)C2(C)C.CC1(C)[C@H]2C[CH][C@@]1(C)CC2. The van der Waals surface area contributed by atoms with Crippen molar-refractivity contribution in [2.75, 3.05) is 0 Å². The number of esters is 1. The summed E-state index contributed by atoms with van der Waals surface area (Å²) in [6.07, 6.45) is 10.4. The fourth-order valence-electron chi connectivity index (χ4n) is 6.34. The molecule has 147 valence electrons. The standard InChI is InChI=1S/C14H22O2.C10H17/c1-9(2)12(15)16-11-8-10-6-7-14(11,5)13(10,3)4;1-9(2)8-4-6-10(9,3)7-5-8/h10-11H,1,6-8H2,2-5H3;6,8H,4-5,7H2,1-3H3/t10-,11?,14-;8-,10-/m10/s1. The van der Waals surface area contributed by atoms with Crippen molar-refractivity contribution < 1.29 is 9.53 Å². The number of carbonyl (C=O) groups is 1. The Kier molecular flexibility index (Phi) is 4.69. The van der Waals surface area contributed by atoms with Crippen LogP contribution in [0.25, 0.3) is 0 Å². The first-order valence-electron chi connectivity index (χ1n) is 10.6. The minimum absolute atomic E-state index is 0.0884. The lowest BCUT2D eigenvalue weighted by Gasteiger charge is -2.38. The van der Waals surface area contributed by atoms with Crippen molar-refractivity contribution in [2.45, 2.75) is 93.1 Å². The van der Waals surface area contributed by atoms with E-state index in [-0.39, 0.29) is 17.5 Å². The molecule has 4 rings (SSSR count). The van der Waals surface area contributed by atoms with Crippen molar-refractivity contribution in [3.63, 3.8) is 0 Å². The van der Waals surface area contributed by atoms with Crippen LogP contribution in [0.2, 0.25) is 0 Å². The molecule has 4 bridgehead atoms. The number of rotatable bonds is 2. The minimum Gasteiger partial charge on any atom is -0.458 e. The van der Waals surface area contributed by atoms with Crippen LogP contribution in [0.3, 0.4) is 0 Å². The van der Waals surface area contributed by atoms with E-state index in [0.29, 0.717) is 27.7 Å². The van der Waals surface area contributed by atoms with Gasteiger partial charge in [0.1, 0.15) is 6.10 Å². The first-order chi connectivity index (χ1) is 11.8. The predicted octanol–water partition coefficient (Wildman–Crippen LogP) is 6.36. The zero-order valence-electron chi connectivity index (χ0n) is 18.1. The normalized spacial score (nSPS) is 43.7. The van der Waals surface area contributed by atoms with Crippen LogP contribution in [-0.4, -0.2) is 12.1 Å². The average Bonchev–Trinajstić information content (AvgIpc) is 3.08. The molecule has 2 heteroatoms. The van der Waals surface area contributed by atoms with E-state index in [2.05, 4.69) is 54.5 Å². The lowest BCUT2D eigenvalue weighted by Crippen LogP contribution is -2.38. The molecule has 4 aliphatic rings. The van der Waals surface area contributed by atoms with Crippen molar-refractivity contribution in [1.29, 1.82) is 0 Å². The quantitative estimate of drug-likeness (QED) is 0.424. The molecule has 0 spiro atoms. The number of carbonyl (C=O) groups excluding carboxylic acids is 1. The van der Waals surface area contributed by atoms with Gasteiger partial charge < -0.3 is 4.74 Å². The summed E-state index contributed by atoms with van der Waals surface area (Å²) >= 11 is 0. The van der Waals surface area contributed by atoms with Gasteiger partial charge in [-0.25, -0.2) is 4.79 Å². The molecule has 4 fully saturated rings. The van der Waals surface area contributed by atoms with Gasteiger partial charge in [0, 0.05) is 11.0 Å². The summed E-state index contributed by atoms with van der Waals surface area (Å²) in [5, 5.41) is 0. The van der Waals surface area contributed by atoms with Crippen LogP contribution >= 0.6 is 0 Å². The van der Waals surface area contributed by atoms with E-state index in [0.717, 1.165) is 12.3 Å². The zero-order valence-corrected chi connectivity index (χ0v) is 18.1. The summed E-state index contributed by atoms with van der Waals surface area (Å²) < 4.78 is 5.61. The molecular formula is C24H39O2. The van der Waals surface area contributed by atoms with Crippen molar-refractivity contribution in [2.24, 2.45) is 33.5 Å². The second-order valence-electron chi connectivity index (χ2n) is 11.1. The number of fused-ring (bicyclic) bond motifs is 4. The molecule has 0 heterocycles. The van der Waals surface area contributed by atoms with E-state index in [1.165, 1.54) is 32.1 Å². The average molecular weight is 360 g/mol. The molecule has 0 saturated heterocycles. The van der Waals surface area contributed by atoms with E-state index >= 15 is 0 Å². The molecule has 5 atom stereocenters. The maximum atomic E-state index is 11.6. The zero-order chi connectivity index (χ0) is 19.5. The van der Waals surface area contributed by atoms with Crippen LogP contribution in [0.4, 0.5) is 0 Å². The highest BCUT2D eigenvalue weighted by Crippen LogP contribution is 2.66. The first-order valence-corrected chi connectivity index (χ1v) is 10.6. The Hall–Kier alpha value is -0.790. The van der Waals surface area contributed by atoms with E-state index in [4.69, 9.17) is 4.74 Å². The number of ether oxygens (including phenoxy) is 1. The third-order valence-corrected chi connectivity index (χ3v) is 9.67. The van der Waals surface area contributed by atoms with Gasteiger partial charge in [-0.05, 0) is 80.0 Å². The monoisotopic (exact) mass is 359 g/mol. The first kappa shape index (κ1) is 20.0. The van der Waals surface area contributed by atoms with Gasteiger partial charge in [0.15, 0.2) is 0 Å². The van der Waals surface area contributed by atoms with Crippen LogP contribution in [0, 0.1) is 39.9 Å². The molecule has 2 nitrogen and oxygen atoms in total. The lowest BCUT2D eigenvalue weighted by molar-refractivity contribution is -0.151. The Labute approximate surface area is 161 Å². The second-order valence-corrected chi connectivity index (χ2v) is 11.1. The third-order valence-electron chi connectivity index (χ3n) is 9.67. The van der Waals surface area contributed by atoms with Gasteiger partial charge >= 0.3 is 5.97 Å². The van der Waals surface area contributed by atoms with Crippen LogP contribution in [0.1, 0.15) is 87.0 Å². The number of hydrogen-bond acceptors (Lipinski definition) is 2. The molecule has 4 saturated carbocycles. The Morgan fingerprint density at radius 3 is 1.88 bits per heavy atom. The topological polar surface area (TPSA) is 26.3 Å². The molecular weight excluding hydrogens is 320 g/mol. The maximum absolute atomic E-state index is 11.6. The lowest BCUT2D eigenvalue weighted by atomic mass is 9.70. The van der Waals surface area contributed by atoms with E-state index < -0.39 is 0 Å². The van der Waals surface area contributed by atoms with Crippen molar-refractivity contribution in [3.8, 4) is 0 Å². The van der Waals surface area contributed by atoms with Gasteiger partial charge in [0.2, 0.25) is 0 Å². The van der Waals surface area contributed by atoms with E-state index in [1.54, 1.807) is 6.92 Å². The smallest absolute Gasteiger partial charge is 0.333 e. The van der Waals surface area contributed by atoms with E-state index in [9.17, 15) is 4.79 Å². The Morgan fingerprint density at radius 2 is 1.62 bits per heavy atom. The van der Waals surface area contributed by atoms with Crippen molar-refractivity contribution in [3.05, 3.63) is 18.6 Å². The molecule has 0 aromatic rings. The molecule has 26 heavy (non-hydrogen) atoms. The Balaban J connectivity index is 0.000000167. The molecule has 0 aromatic carbocycles. The predicted molar refractivity (Wildman–Crippen MR) is 107 cm³/mol. The summed E-state index contributed by atoms with van der Waals surface area (Å²) in [4.78, 5) is 11.6. The molecule has 0 aliphatic heterocycles. The highest BCUT2D eigenvalue weighted by Gasteiger charge is 2.62. The van der Waals surface area contributed by atoms with Crippen LogP contribution in [0.15, 0.2) is 12.2 Å². The highest BCUT2D eigenvalue weighted by atomic mass is 16.5. The molecule has 4 aliphatic carbocycles. The molecule has 0 aromatic heterocycles. The van der Waals surface area contributed by atoms with Crippen LogP contribution in [-0.2, 0) is 9.53 Å². The van der Waals surface area contributed by atoms with Gasteiger partial charge in [-0.2, -0.15) is 0 Å². The summed E-state index contributed by atoms with van der Waals surface area (Å²) in [5.74, 6) is 1.48. The largest absolute Gasteiger partial charge is 0.458 e. The Morgan fingerprint density at radius 1 is 1.00 bits per heavy atom. The summed E-state index contributed by atoms with van der Waals surface area (Å²) in [6, 6.07) is 0.